The summed E-state index contributed by atoms with van der Waals surface area (Å²) < 4.78 is 0. The van der Waals surface area contributed by atoms with E-state index in [-0.39, 0.29) is 6.54 Å². The summed E-state index contributed by atoms with van der Waals surface area (Å²) in [7, 11) is 1.59. The van der Waals surface area contributed by atoms with E-state index < -0.39 is 11.9 Å². The van der Waals surface area contributed by atoms with Gasteiger partial charge in [0.25, 0.3) is 5.97 Å². The molecule has 104 valence electrons. The van der Waals surface area contributed by atoms with Crippen LogP contribution in [0.4, 0.5) is 0 Å². The van der Waals surface area contributed by atoms with Crippen molar-refractivity contribution in [3.8, 4) is 0 Å². The van der Waals surface area contributed by atoms with Crippen LogP contribution in [0.3, 0.4) is 0 Å². The highest BCUT2D eigenvalue weighted by molar-refractivity contribution is 5.68. The zero-order valence-electron chi connectivity index (χ0n) is 11.5. The number of likely N-dealkylation sites (N-methyl/N-ethyl adjacent to an activating group) is 1. The SMILES string of the molecule is CC(=O)O.CCN(CC)CC.CNCC(=O)O. The van der Waals surface area contributed by atoms with Crippen LogP contribution in [0.15, 0.2) is 0 Å². The summed E-state index contributed by atoms with van der Waals surface area (Å²) >= 11 is 0. The molecule has 0 aliphatic heterocycles. The van der Waals surface area contributed by atoms with E-state index in [0.29, 0.717) is 0 Å². The molecule has 0 amide bonds. The molecule has 0 aliphatic carbocycles. The van der Waals surface area contributed by atoms with E-state index in [1.165, 1.54) is 19.6 Å². The van der Waals surface area contributed by atoms with Gasteiger partial charge in [0, 0.05) is 6.92 Å². The Balaban J connectivity index is -0.000000180. The van der Waals surface area contributed by atoms with Crippen LogP contribution in [0.2, 0.25) is 0 Å². The van der Waals surface area contributed by atoms with Gasteiger partial charge in [-0.2, -0.15) is 0 Å². The number of rotatable bonds is 5. The van der Waals surface area contributed by atoms with Gasteiger partial charge >= 0.3 is 5.97 Å². The second-order valence-electron chi connectivity index (χ2n) is 3.06. The third kappa shape index (κ3) is 39.8. The Hall–Kier alpha value is -1.14. The van der Waals surface area contributed by atoms with Crippen LogP contribution in [0, 0.1) is 0 Å². The normalized spacial score (nSPS) is 8.59. The van der Waals surface area contributed by atoms with Crippen molar-refractivity contribution in [2.45, 2.75) is 27.7 Å². The maximum atomic E-state index is 9.54. The lowest BCUT2D eigenvalue weighted by atomic mass is 10.5. The molecule has 0 saturated heterocycles. The lowest BCUT2D eigenvalue weighted by molar-refractivity contribution is -0.136. The number of carboxylic acids is 2. The van der Waals surface area contributed by atoms with Crippen LogP contribution in [-0.2, 0) is 9.59 Å². The van der Waals surface area contributed by atoms with E-state index in [1.807, 2.05) is 0 Å². The molecule has 0 radical (unpaired) electrons. The van der Waals surface area contributed by atoms with Gasteiger partial charge in [0.2, 0.25) is 0 Å². The first-order valence-electron chi connectivity index (χ1n) is 5.63. The number of hydrogen-bond acceptors (Lipinski definition) is 4. The summed E-state index contributed by atoms with van der Waals surface area (Å²) in [6.07, 6.45) is 0. The molecule has 0 heterocycles. The van der Waals surface area contributed by atoms with Gasteiger partial charge in [-0.15, -0.1) is 0 Å². The number of nitrogens with one attached hydrogen (secondary N) is 1. The van der Waals surface area contributed by atoms with Gasteiger partial charge in [0.1, 0.15) is 0 Å². The second kappa shape index (κ2) is 17.3. The average molecular weight is 250 g/mol. The summed E-state index contributed by atoms with van der Waals surface area (Å²) in [6.45, 7) is 11.2. The van der Waals surface area contributed by atoms with Crippen molar-refractivity contribution in [1.29, 1.82) is 0 Å². The molecule has 0 aliphatic rings. The van der Waals surface area contributed by atoms with E-state index in [0.717, 1.165) is 6.92 Å². The highest BCUT2D eigenvalue weighted by Gasteiger charge is 1.89. The fraction of sp³-hybridized carbons (Fsp3) is 0.818. The van der Waals surface area contributed by atoms with Crippen molar-refractivity contribution < 1.29 is 19.8 Å². The van der Waals surface area contributed by atoms with Crippen LogP contribution in [0.5, 0.6) is 0 Å². The van der Waals surface area contributed by atoms with E-state index in [4.69, 9.17) is 15.0 Å². The van der Waals surface area contributed by atoms with E-state index >= 15 is 0 Å². The summed E-state index contributed by atoms with van der Waals surface area (Å²) in [5.41, 5.74) is 0. The Labute approximate surface area is 104 Å². The zero-order chi connectivity index (χ0) is 14.3. The Morgan fingerprint density at radius 2 is 1.35 bits per heavy atom. The molecule has 0 aromatic carbocycles. The van der Waals surface area contributed by atoms with Crippen LogP contribution in [-0.4, -0.2) is 60.3 Å². The molecule has 6 heteroatoms. The molecular weight excluding hydrogens is 224 g/mol. The summed E-state index contributed by atoms with van der Waals surface area (Å²) in [5, 5.41) is 17.7. The molecule has 0 spiro atoms. The van der Waals surface area contributed by atoms with Gasteiger partial charge in [-0.25, -0.2) is 0 Å². The minimum atomic E-state index is -0.833. The number of nitrogens with zero attached hydrogens (tertiary/aromatic N) is 1. The van der Waals surface area contributed by atoms with Gasteiger partial charge in [-0.05, 0) is 26.7 Å². The largest absolute Gasteiger partial charge is 0.481 e. The number of aliphatic carboxylic acids is 2. The monoisotopic (exact) mass is 250 g/mol. The summed E-state index contributed by atoms with van der Waals surface area (Å²) in [5.74, 6) is -1.66. The van der Waals surface area contributed by atoms with Crippen LogP contribution < -0.4 is 5.32 Å². The molecule has 17 heavy (non-hydrogen) atoms. The van der Waals surface area contributed by atoms with E-state index in [9.17, 15) is 4.79 Å². The van der Waals surface area contributed by atoms with Gasteiger partial charge in [-0.3, -0.25) is 9.59 Å². The van der Waals surface area contributed by atoms with Crippen molar-refractivity contribution in [2.24, 2.45) is 0 Å². The maximum absolute atomic E-state index is 9.54. The Morgan fingerprint density at radius 1 is 1.06 bits per heavy atom. The first-order valence-corrected chi connectivity index (χ1v) is 5.63. The first-order chi connectivity index (χ1) is 7.85. The molecule has 0 atom stereocenters. The molecule has 0 rings (SSSR count). The Kier molecular flexibility index (Phi) is 21.5. The van der Waals surface area contributed by atoms with Crippen LogP contribution >= 0.6 is 0 Å². The predicted octanol–water partition coefficient (Wildman–Crippen LogP) is 0.729. The number of hydrogen-bond donors (Lipinski definition) is 3. The molecule has 0 fully saturated rings. The van der Waals surface area contributed by atoms with Crippen molar-refractivity contribution in [3.63, 3.8) is 0 Å². The van der Waals surface area contributed by atoms with Gasteiger partial charge < -0.3 is 20.4 Å². The third-order valence-corrected chi connectivity index (χ3v) is 1.67. The highest BCUT2D eigenvalue weighted by Crippen LogP contribution is 1.81. The second-order valence-corrected chi connectivity index (χ2v) is 3.06. The van der Waals surface area contributed by atoms with Gasteiger partial charge in [0.15, 0.2) is 0 Å². The van der Waals surface area contributed by atoms with Crippen molar-refractivity contribution >= 4 is 11.9 Å². The Bertz CT molecular complexity index is 173. The zero-order valence-corrected chi connectivity index (χ0v) is 11.5. The molecular formula is C11H26N2O4. The topological polar surface area (TPSA) is 89.9 Å². The average Bonchev–Trinajstić information content (AvgIpc) is 2.20. The minimum absolute atomic E-state index is 0.0417. The molecule has 0 aromatic rings. The predicted molar refractivity (Wildman–Crippen MR) is 68.3 cm³/mol. The first kappa shape index (κ1) is 21.2. The van der Waals surface area contributed by atoms with Crippen molar-refractivity contribution in [1.82, 2.24) is 10.2 Å². The van der Waals surface area contributed by atoms with Gasteiger partial charge in [0.05, 0.1) is 6.54 Å². The lowest BCUT2D eigenvalue weighted by Crippen LogP contribution is -2.21. The quantitative estimate of drug-likeness (QED) is 0.666. The molecule has 3 N–H and O–H groups in total. The van der Waals surface area contributed by atoms with E-state index in [1.54, 1.807) is 7.05 Å². The lowest BCUT2D eigenvalue weighted by Gasteiger charge is -2.13. The standard InChI is InChI=1S/C6H15N.C3H7NO2.C2H4O2/c1-4-7(5-2)6-3;1-4-2-3(5)6;1-2(3)4/h4-6H2,1-3H3;4H,2H2,1H3,(H,5,6);1H3,(H,3,4). The van der Waals surface area contributed by atoms with E-state index in [2.05, 4.69) is 31.0 Å². The highest BCUT2D eigenvalue weighted by atomic mass is 16.4. The molecule has 0 unspecified atom stereocenters. The number of carboxylic acid groups (broad SMARTS) is 2. The van der Waals surface area contributed by atoms with Crippen molar-refractivity contribution in [2.75, 3.05) is 33.2 Å². The fourth-order valence-corrected chi connectivity index (χ4v) is 0.822. The fourth-order valence-electron chi connectivity index (χ4n) is 0.822. The Morgan fingerprint density at radius 3 is 1.35 bits per heavy atom. The molecule has 0 bridgehead atoms. The molecule has 6 nitrogen and oxygen atoms in total. The van der Waals surface area contributed by atoms with Crippen molar-refractivity contribution in [3.05, 3.63) is 0 Å². The molecule has 0 aromatic heterocycles. The minimum Gasteiger partial charge on any atom is -0.481 e. The molecule has 0 saturated carbocycles. The smallest absolute Gasteiger partial charge is 0.317 e. The maximum Gasteiger partial charge on any atom is 0.317 e. The summed E-state index contributed by atoms with van der Waals surface area (Å²) in [4.78, 5) is 20.9. The third-order valence-electron chi connectivity index (χ3n) is 1.67. The number of carbonyl (C=O) groups is 2. The van der Waals surface area contributed by atoms with Crippen LogP contribution in [0.25, 0.3) is 0 Å². The van der Waals surface area contributed by atoms with Crippen LogP contribution in [0.1, 0.15) is 27.7 Å². The summed E-state index contributed by atoms with van der Waals surface area (Å²) in [6, 6.07) is 0. The van der Waals surface area contributed by atoms with Gasteiger partial charge in [-0.1, -0.05) is 20.8 Å².